The Kier molecular flexibility index (Phi) is 31.4. The molecule has 25 nitrogen and oxygen atoms in total. The summed E-state index contributed by atoms with van der Waals surface area (Å²) in [5.74, 6) is -7.37. The van der Waals surface area contributed by atoms with E-state index in [1.807, 2.05) is 19.9 Å². The number of hydrogen-bond donors (Lipinski definition) is 7. The van der Waals surface area contributed by atoms with Gasteiger partial charge in [-0.1, -0.05) is 118 Å². The SMILES string of the molecule is CC[C@H](C)[C@@H]([C@@H](CC(=O)N1CCC[C@H]1[C@H](OC)[C@@H](C)C(=O)N[C@@H](Cc1ccccc1)C(=O)O)OC)N(C)C(=O)[C@@H](NC(=O)[C@H](C(C)C)N(C)C(=O)OCc1ccc(NC(=O)[C@H](CCCN)NC(=O)[C@@H](NC(=O)CCCCCN2C(=O)C=CC2=O)C(C)C)cc1)C(C)C. The third kappa shape index (κ3) is 22.2. The summed E-state index contributed by atoms with van der Waals surface area (Å²) in [5.41, 5.74) is 7.47. The number of carbonyl (C=O) groups excluding carboxylic acids is 10. The lowest BCUT2D eigenvalue weighted by atomic mass is 9.89. The second-order valence-electron chi connectivity index (χ2n) is 25.2. The van der Waals surface area contributed by atoms with Gasteiger partial charge in [0.15, 0.2) is 0 Å². The lowest BCUT2D eigenvalue weighted by molar-refractivity contribution is -0.148. The molecule has 510 valence electrons. The van der Waals surface area contributed by atoms with Crippen LogP contribution in [0.25, 0.3) is 0 Å². The number of aliphatic carboxylic acids is 1. The van der Waals surface area contributed by atoms with Gasteiger partial charge in [-0.25, -0.2) is 9.59 Å². The van der Waals surface area contributed by atoms with Crippen molar-refractivity contribution in [3.8, 4) is 0 Å². The average Bonchev–Trinajstić information content (AvgIpc) is 2.13. The Bertz CT molecular complexity index is 2820. The van der Waals surface area contributed by atoms with E-state index in [-0.39, 0.29) is 80.8 Å². The van der Waals surface area contributed by atoms with E-state index in [0.717, 1.165) is 10.5 Å². The number of carboxylic acids is 1. The lowest BCUT2D eigenvalue weighted by Crippen LogP contribution is -2.60. The van der Waals surface area contributed by atoms with Crippen LogP contribution in [0.1, 0.15) is 138 Å². The molecule has 0 aliphatic carbocycles. The summed E-state index contributed by atoms with van der Waals surface area (Å²) >= 11 is 0. The van der Waals surface area contributed by atoms with E-state index in [9.17, 15) is 57.8 Å². The number of carboxylic acid groups (broad SMARTS) is 1. The summed E-state index contributed by atoms with van der Waals surface area (Å²) in [6.07, 6.45) is 4.10. The van der Waals surface area contributed by atoms with Crippen LogP contribution in [0.2, 0.25) is 0 Å². The molecule has 92 heavy (non-hydrogen) atoms. The van der Waals surface area contributed by atoms with E-state index in [1.54, 1.807) is 109 Å². The van der Waals surface area contributed by atoms with Crippen LogP contribution >= 0.6 is 0 Å². The minimum Gasteiger partial charge on any atom is -0.480 e. The zero-order valence-electron chi connectivity index (χ0n) is 56.1. The van der Waals surface area contributed by atoms with Crippen molar-refractivity contribution in [3.63, 3.8) is 0 Å². The predicted molar refractivity (Wildman–Crippen MR) is 346 cm³/mol. The summed E-state index contributed by atoms with van der Waals surface area (Å²) in [6, 6.07) is 9.02. The highest BCUT2D eigenvalue weighted by molar-refractivity contribution is 6.12. The molecule has 2 aliphatic heterocycles. The van der Waals surface area contributed by atoms with Crippen LogP contribution in [-0.2, 0) is 75.2 Å². The van der Waals surface area contributed by atoms with Crippen molar-refractivity contribution in [1.29, 1.82) is 0 Å². The van der Waals surface area contributed by atoms with E-state index in [2.05, 4.69) is 26.6 Å². The number of rotatable bonds is 38. The molecule has 2 heterocycles. The molecular weight excluding hydrogens is 1180 g/mol. The Balaban J connectivity index is 1.36. The molecule has 11 atom stereocenters. The highest BCUT2D eigenvalue weighted by Gasteiger charge is 2.44. The summed E-state index contributed by atoms with van der Waals surface area (Å²) in [5, 5.41) is 24.0. The van der Waals surface area contributed by atoms with E-state index >= 15 is 0 Å². The van der Waals surface area contributed by atoms with Crippen LogP contribution < -0.4 is 32.3 Å². The van der Waals surface area contributed by atoms with E-state index < -0.39 is 114 Å². The van der Waals surface area contributed by atoms with Crippen molar-refractivity contribution >= 4 is 70.9 Å². The fourth-order valence-corrected chi connectivity index (χ4v) is 11.8. The molecule has 0 unspecified atom stereocenters. The summed E-state index contributed by atoms with van der Waals surface area (Å²) in [7, 11) is 6.00. The molecule has 8 N–H and O–H groups in total. The molecule has 2 aromatic rings. The molecule has 2 aromatic carbocycles. The average molecular weight is 1290 g/mol. The van der Waals surface area contributed by atoms with Gasteiger partial charge in [-0.15, -0.1) is 0 Å². The first-order valence-electron chi connectivity index (χ1n) is 32.2. The number of likely N-dealkylation sites (N-methyl/N-ethyl adjacent to an activating group) is 2. The van der Waals surface area contributed by atoms with Crippen molar-refractivity contribution in [1.82, 2.24) is 40.9 Å². The van der Waals surface area contributed by atoms with Gasteiger partial charge in [0.05, 0.1) is 36.6 Å². The summed E-state index contributed by atoms with van der Waals surface area (Å²) < 4.78 is 17.7. The molecule has 0 aromatic heterocycles. The first kappa shape index (κ1) is 76.7. The van der Waals surface area contributed by atoms with Crippen LogP contribution in [0.3, 0.4) is 0 Å². The zero-order chi connectivity index (χ0) is 68.5. The van der Waals surface area contributed by atoms with E-state index in [4.69, 9.17) is 19.9 Å². The van der Waals surface area contributed by atoms with Gasteiger partial charge in [0.2, 0.25) is 41.4 Å². The second-order valence-corrected chi connectivity index (χ2v) is 25.2. The molecule has 0 bridgehead atoms. The molecule has 0 saturated carbocycles. The Morgan fingerprint density at radius 3 is 1.89 bits per heavy atom. The predicted octanol–water partition coefficient (Wildman–Crippen LogP) is 4.94. The molecule has 10 amide bonds. The molecular formula is C67H102N10O15. The Morgan fingerprint density at radius 1 is 0.696 bits per heavy atom. The maximum atomic E-state index is 14.8. The van der Waals surface area contributed by atoms with Gasteiger partial charge >= 0.3 is 12.1 Å². The number of nitrogens with two attached hydrogens (primary N) is 1. The lowest BCUT2D eigenvalue weighted by Gasteiger charge is -2.41. The number of amides is 10. The third-order valence-electron chi connectivity index (χ3n) is 17.4. The van der Waals surface area contributed by atoms with Gasteiger partial charge in [-0.2, -0.15) is 0 Å². The molecule has 1 saturated heterocycles. The van der Waals surface area contributed by atoms with Crippen molar-refractivity contribution in [2.75, 3.05) is 53.3 Å². The normalized spacial score (nSPS) is 17.2. The molecule has 0 spiro atoms. The van der Waals surface area contributed by atoms with Gasteiger partial charge < -0.3 is 61.4 Å². The number of methoxy groups -OCH3 is 2. The Morgan fingerprint density at radius 2 is 1.33 bits per heavy atom. The minimum atomic E-state index is -1.19. The smallest absolute Gasteiger partial charge is 0.410 e. The fourth-order valence-electron chi connectivity index (χ4n) is 11.8. The number of nitrogens with one attached hydrogen (secondary N) is 5. The molecule has 0 radical (unpaired) electrons. The minimum absolute atomic E-state index is 0.0804. The Hall–Kier alpha value is -7.77. The standard InChI is InChI=1S/C67H102N10O15/c1-14-43(8)59(51(90-12)38-55(81)76-36-22-26-50(76)60(91-13)44(9)61(82)71-49(66(87)88)37-45-23-17-15-18-24-45)74(10)65(86)57(41(4)5)73-64(85)58(42(6)7)75(11)67(89)92-39-46-28-30-47(31-29-46)69-62(83)48(25-21-34-68)70-63(84)56(40(2)3)72-52(78)27-19-16-20-35-77-53(79)32-33-54(77)80/h15,17-18,23-24,28-33,40-44,48-51,56-60H,14,16,19-22,25-27,34-39,68H2,1-13H3,(H,69,83)(H,70,84)(H,71,82)(H,72,78)(H,73,85)(H,87,88)/t43-,44+,48-,49-,50-,51+,56-,57-,58-,59-,60+/m0/s1. The van der Waals surface area contributed by atoms with E-state index in [1.165, 1.54) is 43.2 Å². The van der Waals surface area contributed by atoms with E-state index in [0.29, 0.717) is 62.7 Å². The summed E-state index contributed by atoms with van der Waals surface area (Å²) in [4.78, 5) is 153. The zero-order valence-corrected chi connectivity index (χ0v) is 56.1. The van der Waals surface area contributed by atoms with Crippen LogP contribution in [-0.4, -0.2) is 192 Å². The Labute approximate surface area is 542 Å². The van der Waals surface area contributed by atoms with Crippen LogP contribution in [0.15, 0.2) is 66.7 Å². The highest BCUT2D eigenvalue weighted by Crippen LogP contribution is 2.30. The molecule has 25 heteroatoms. The number of unbranched alkanes of at least 4 members (excludes halogenated alkanes) is 2. The number of nitrogens with zero attached hydrogens (tertiary/aromatic N) is 4. The van der Waals surface area contributed by atoms with Crippen molar-refractivity contribution < 1.29 is 72.1 Å². The number of likely N-dealkylation sites (tertiary alicyclic amines) is 1. The number of carbonyl (C=O) groups is 11. The van der Waals surface area contributed by atoms with Crippen LogP contribution in [0.5, 0.6) is 0 Å². The number of hydrogen-bond acceptors (Lipinski definition) is 15. The number of benzene rings is 2. The van der Waals surface area contributed by atoms with Crippen molar-refractivity contribution in [2.45, 2.75) is 194 Å². The van der Waals surface area contributed by atoms with Crippen LogP contribution in [0, 0.1) is 29.6 Å². The summed E-state index contributed by atoms with van der Waals surface area (Å²) in [6.45, 7) is 16.9. The van der Waals surface area contributed by atoms with Gasteiger partial charge in [-0.05, 0) is 92.0 Å². The topological polar surface area (TPSA) is 335 Å². The monoisotopic (exact) mass is 1290 g/mol. The first-order chi connectivity index (χ1) is 43.6. The quantitative estimate of drug-likeness (QED) is 0.0346. The number of ether oxygens (including phenoxy) is 3. The maximum Gasteiger partial charge on any atom is 0.410 e. The first-order valence-corrected chi connectivity index (χ1v) is 32.2. The van der Waals surface area contributed by atoms with Gasteiger partial charge in [-0.3, -0.25) is 53.0 Å². The van der Waals surface area contributed by atoms with Gasteiger partial charge in [0, 0.05) is 72.1 Å². The van der Waals surface area contributed by atoms with Crippen molar-refractivity contribution in [3.05, 3.63) is 77.9 Å². The van der Waals surface area contributed by atoms with Crippen LogP contribution in [0.4, 0.5) is 10.5 Å². The largest absolute Gasteiger partial charge is 0.480 e. The van der Waals surface area contributed by atoms with Gasteiger partial charge in [0.25, 0.3) is 11.8 Å². The van der Waals surface area contributed by atoms with Gasteiger partial charge in [0.1, 0.15) is 36.8 Å². The third-order valence-corrected chi connectivity index (χ3v) is 17.4. The number of anilines is 1. The highest BCUT2D eigenvalue weighted by atomic mass is 16.6. The second kappa shape index (κ2) is 37.7. The maximum absolute atomic E-state index is 14.8. The fraction of sp³-hybridized carbons (Fsp3) is 0.627. The molecule has 1 fully saturated rings. The number of imide groups is 1. The molecule has 2 aliphatic rings. The van der Waals surface area contributed by atoms with Crippen molar-refractivity contribution in [2.24, 2.45) is 35.3 Å². The molecule has 4 rings (SSSR count).